The first-order chi connectivity index (χ1) is 10.7. The minimum absolute atomic E-state index is 0.136. The molecule has 1 aliphatic heterocycles. The van der Waals surface area contributed by atoms with Gasteiger partial charge in [0.15, 0.2) is 0 Å². The van der Waals surface area contributed by atoms with Gasteiger partial charge < -0.3 is 15.1 Å². The van der Waals surface area contributed by atoms with E-state index in [0.717, 1.165) is 18.8 Å². The molecule has 5 nitrogen and oxygen atoms in total. The van der Waals surface area contributed by atoms with E-state index in [1.54, 1.807) is 13.1 Å². The van der Waals surface area contributed by atoms with Gasteiger partial charge in [-0.3, -0.25) is 4.79 Å². The van der Waals surface area contributed by atoms with E-state index >= 15 is 0 Å². The monoisotopic (exact) mass is 304 g/mol. The second-order valence-electron chi connectivity index (χ2n) is 6.03. The third-order valence-corrected chi connectivity index (χ3v) is 4.52. The highest BCUT2D eigenvalue weighted by Gasteiger charge is 2.22. The molecule has 1 N–H and O–H groups in total. The van der Waals surface area contributed by atoms with Crippen molar-refractivity contribution in [3.05, 3.63) is 24.0 Å². The van der Waals surface area contributed by atoms with Crippen LogP contribution in [0.1, 0.15) is 43.1 Å². The van der Waals surface area contributed by atoms with Gasteiger partial charge in [0.2, 0.25) is 0 Å². The standard InChI is InChI=1S/C17H28N4O/c1-4-5-10-20(3)14-8-11-21(12-9-14)15-6-7-16(19-13-15)17(22)18-2/h6-7,13-14H,4-5,8-12H2,1-3H3,(H,18,22). The molecule has 1 aromatic heterocycles. The number of carbonyl (C=O) groups excluding carboxylic acids is 1. The number of unbranched alkanes of at least 4 members (excludes halogenated alkanes) is 1. The Hall–Kier alpha value is -1.62. The predicted molar refractivity (Wildman–Crippen MR) is 90.4 cm³/mol. The normalized spacial score (nSPS) is 16.1. The summed E-state index contributed by atoms with van der Waals surface area (Å²) in [6.07, 6.45) is 6.73. The zero-order valence-electron chi connectivity index (χ0n) is 14.0. The maximum absolute atomic E-state index is 11.5. The lowest BCUT2D eigenvalue weighted by Crippen LogP contribution is -2.43. The summed E-state index contributed by atoms with van der Waals surface area (Å²) in [7, 11) is 3.87. The Morgan fingerprint density at radius 1 is 1.41 bits per heavy atom. The van der Waals surface area contributed by atoms with Crippen molar-refractivity contribution in [3.8, 4) is 0 Å². The lowest BCUT2D eigenvalue weighted by molar-refractivity contribution is 0.0958. The van der Waals surface area contributed by atoms with Crippen LogP contribution in [0.15, 0.2) is 18.3 Å². The quantitative estimate of drug-likeness (QED) is 0.875. The number of piperidine rings is 1. The maximum atomic E-state index is 11.5. The summed E-state index contributed by atoms with van der Waals surface area (Å²) in [5, 5.41) is 2.59. The molecule has 2 rings (SSSR count). The van der Waals surface area contributed by atoms with Gasteiger partial charge >= 0.3 is 0 Å². The Bertz CT molecular complexity index is 466. The highest BCUT2D eigenvalue weighted by atomic mass is 16.1. The minimum Gasteiger partial charge on any atom is -0.370 e. The van der Waals surface area contributed by atoms with Gasteiger partial charge in [-0.25, -0.2) is 4.98 Å². The molecule has 122 valence electrons. The van der Waals surface area contributed by atoms with E-state index in [1.165, 1.54) is 32.2 Å². The molecular formula is C17H28N4O. The fraction of sp³-hybridized carbons (Fsp3) is 0.647. The van der Waals surface area contributed by atoms with Crippen LogP contribution in [0.4, 0.5) is 5.69 Å². The van der Waals surface area contributed by atoms with Gasteiger partial charge in [-0.1, -0.05) is 13.3 Å². The summed E-state index contributed by atoms with van der Waals surface area (Å²) < 4.78 is 0. The number of anilines is 1. The van der Waals surface area contributed by atoms with Crippen LogP contribution in [0.3, 0.4) is 0 Å². The van der Waals surface area contributed by atoms with Crippen LogP contribution in [-0.2, 0) is 0 Å². The van der Waals surface area contributed by atoms with E-state index < -0.39 is 0 Å². The summed E-state index contributed by atoms with van der Waals surface area (Å²) in [5.74, 6) is -0.136. The average molecular weight is 304 g/mol. The summed E-state index contributed by atoms with van der Waals surface area (Å²) in [5.41, 5.74) is 1.59. The Morgan fingerprint density at radius 2 is 2.14 bits per heavy atom. The van der Waals surface area contributed by atoms with Crippen molar-refractivity contribution in [2.75, 3.05) is 38.6 Å². The molecular weight excluding hydrogens is 276 g/mol. The molecule has 0 atom stereocenters. The van der Waals surface area contributed by atoms with Crippen molar-refractivity contribution in [3.63, 3.8) is 0 Å². The molecule has 1 aromatic rings. The second-order valence-corrected chi connectivity index (χ2v) is 6.03. The molecule has 22 heavy (non-hydrogen) atoms. The molecule has 1 amide bonds. The van der Waals surface area contributed by atoms with Crippen molar-refractivity contribution in [1.29, 1.82) is 0 Å². The van der Waals surface area contributed by atoms with Crippen LogP contribution in [0.25, 0.3) is 0 Å². The Morgan fingerprint density at radius 3 is 2.68 bits per heavy atom. The number of amides is 1. The number of nitrogens with one attached hydrogen (secondary N) is 1. The Balaban J connectivity index is 1.87. The van der Waals surface area contributed by atoms with Crippen molar-refractivity contribution < 1.29 is 4.79 Å². The number of nitrogens with zero attached hydrogens (tertiary/aromatic N) is 3. The smallest absolute Gasteiger partial charge is 0.269 e. The van der Waals surface area contributed by atoms with Crippen LogP contribution in [-0.4, -0.2) is 55.6 Å². The number of hydrogen-bond donors (Lipinski definition) is 1. The maximum Gasteiger partial charge on any atom is 0.269 e. The van der Waals surface area contributed by atoms with Crippen molar-refractivity contribution in [2.24, 2.45) is 0 Å². The molecule has 0 bridgehead atoms. The SMILES string of the molecule is CCCCN(C)C1CCN(c2ccc(C(=O)NC)nc2)CC1. The van der Waals surface area contributed by atoms with Crippen LogP contribution in [0.2, 0.25) is 0 Å². The lowest BCUT2D eigenvalue weighted by atomic mass is 10.0. The summed E-state index contributed by atoms with van der Waals surface area (Å²) in [6.45, 7) is 5.56. The largest absolute Gasteiger partial charge is 0.370 e. The Kier molecular flexibility index (Phi) is 6.19. The minimum atomic E-state index is -0.136. The third kappa shape index (κ3) is 4.19. The highest BCUT2D eigenvalue weighted by molar-refractivity contribution is 5.92. The topological polar surface area (TPSA) is 48.5 Å². The molecule has 0 unspecified atom stereocenters. The summed E-state index contributed by atoms with van der Waals surface area (Å²) in [4.78, 5) is 20.6. The Labute approximate surface area is 133 Å². The van der Waals surface area contributed by atoms with E-state index in [9.17, 15) is 4.79 Å². The van der Waals surface area contributed by atoms with Crippen LogP contribution in [0, 0.1) is 0 Å². The molecule has 5 heteroatoms. The fourth-order valence-electron chi connectivity index (χ4n) is 2.99. The predicted octanol–water partition coefficient (Wildman–Crippen LogP) is 2.14. The number of carbonyl (C=O) groups is 1. The average Bonchev–Trinajstić information content (AvgIpc) is 2.59. The molecule has 2 heterocycles. The van der Waals surface area contributed by atoms with Gasteiger partial charge in [0, 0.05) is 26.2 Å². The zero-order valence-corrected chi connectivity index (χ0v) is 14.0. The van der Waals surface area contributed by atoms with Crippen molar-refractivity contribution >= 4 is 11.6 Å². The van der Waals surface area contributed by atoms with Crippen LogP contribution in [0.5, 0.6) is 0 Å². The number of hydrogen-bond acceptors (Lipinski definition) is 4. The van der Waals surface area contributed by atoms with Gasteiger partial charge in [-0.15, -0.1) is 0 Å². The first-order valence-electron chi connectivity index (χ1n) is 8.29. The van der Waals surface area contributed by atoms with E-state index in [-0.39, 0.29) is 5.91 Å². The van der Waals surface area contributed by atoms with Gasteiger partial charge in [0.1, 0.15) is 5.69 Å². The number of aromatic nitrogens is 1. The molecule has 0 aromatic carbocycles. The third-order valence-electron chi connectivity index (χ3n) is 4.52. The van der Waals surface area contributed by atoms with Gasteiger partial charge in [0.25, 0.3) is 5.91 Å². The molecule has 0 spiro atoms. The van der Waals surface area contributed by atoms with E-state index in [0.29, 0.717) is 11.7 Å². The van der Waals surface area contributed by atoms with Gasteiger partial charge in [0.05, 0.1) is 11.9 Å². The van der Waals surface area contributed by atoms with Gasteiger partial charge in [-0.05, 0) is 45.0 Å². The first kappa shape index (κ1) is 16.7. The molecule has 0 aliphatic carbocycles. The van der Waals surface area contributed by atoms with E-state index in [2.05, 4.69) is 34.1 Å². The van der Waals surface area contributed by atoms with Gasteiger partial charge in [-0.2, -0.15) is 0 Å². The molecule has 1 saturated heterocycles. The first-order valence-corrected chi connectivity index (χ1v) is 8.29. The summed E-state index contributed by atoms with van der Waals surface area (Å²) in [6, 6.07) is 4.49. The molecule has 1 fully saturated rings. The van der Waals surface area contributed by atoms with Crippen molar-refractivity contribution in [1.82, 2.24) is 15.2 Å². The second kappa shape index (κ2) is 8.13. The fourth-order valence-corrected chi connectivity index (χ4v) is 2.99. The molecule has 0 saturated carbocycles. The summed E-state index contributed by atoms with van der Waals surface area (Å²) >= 11 is 0. The zero-order chi connectivity index (χ0) is 15.9. The number of pyridine rings is 1. The van der Waals surface area contributed by atoms with E-state index in [4.69, 9.17) is 0 Å². The molecule has 1 aliphatic rings. The van der Waals surface area contributed by atoms with Crippen LogP contribution >= 0.6 is 0 Å². The number of rotatable bonds is 6. The lowest BCUT2D eigenvalue weighted by Gasteiger charge is -2.37. The van der Waals surface area contributed by atoms with Crippen LogP contribution < -0.4 is 10.2 Å². The van der Waals surface area contributed by atoms with Crippen molar-refractivity contribution in [2.45, 2.75) is 38.6 Å². The highest BCUT2D eigenvalue weighted by Crippen LogP contribution is 2.21. The molecule has 0 radical (unpaired) electrons. The van der Waals surface area contributed by atoms with E-state index in [1.807, 2.05) is 12.3 Å².